The number of nitrogens with one attached hydrogen (secondary N) is 2. The number of carbonyl (C=O) groups excluding carboxylic acids is 2. The average Bonchev–Trinajstić information content (AvgIpc) is 2.77. The van der Waals surface area contributed by atoms with Gasteiger partial charge in [0.2, 0.25) is 11.8 Å². The number of amides is 2. The molecule has 2 N–H and O–H groups in total. The first-order chi connectivity index (χ1) is 13.7. The molecule has 0 bridgehead atoms. The van der Waals surface area contributed by atoms with Crippen LogP contribution in [-0.4, -0.2) is 72.4 Å². The maximum atomic E-state index is 12.6. The van der Waals surface area contributed by atoms with Crippen LogP contribution < -0.4 is 10.6 Å². The summed E-state index contributed by atoms with van der Waals surface area (Å²) in [6.07, 6.45) is 8.42. The van der Waals surface area contributed by atoms with Gasteiger partial charge < -0.3 is 15.5 Å². The van der Waals surface area contributed by atoms with E-state index in [2.05, 4.69) is 25.4 Å². The number of nitrogens with zero attached hydrogens (tertiary/aromatic N) is 3. The van der Waals surface area contributed by atoms with Crippen molar-refractivity contribution in [1.82, 2.24) is 25.4 Å². The molecule has 2 amide bonds. The van der Waals surface area contributed by atoms with Crippen LogP contribution in [0.25, 0.3) is 0 Å². The van der Waals surface area contributed by atoms with Gasteiger partial charge >= 0.3 is 0 Å². The van der Waals surface area contributed by atoms with Gasteiger partial charge in [-0.1, -0.05) is 6.07 Å². The zero-order valence-corrected chi connectivity index (χ0v) is 16.9. The first kappa shape index (κ1) is 20.7. The van der Waals surface area contributed by atoms with Crippen molar-refractivity contribution >= 4 is 11.8 Å². The lowest BCUT2D eigenvalue weighted by Gasteiger charge is -2.42. The van der Waals surface area contributed by atoms with Crippen molar-refractivity contribution in [2.75, 3.05) is 39.8 Å². The topological polar surface area (TPSA) is 77.6 Å². The lowest BCUT2D eigenvalue weighted by Crippen LogP contribution is -2.51. The Labute approximate surface area is 167 Å². The molecule has 0 radical (unpaired) electrons. The molecule has 2 saturated heterocycles. The Balaban J connectivity index is 1.41. The molecule has 0 spiro atoms. The Morgan fingerprint density at radius 2 is 2.04 bits per heavy atom. The summed E-state index contributed by atoms with van der Waals surface area (Å²) in [5.74, 6) is 0.353. The first-order valence-electron chi connectivity index (χ1n) is 10.5. The number of piperidine rings is 2. The largest absolute Gasteiger partial charge is 0.359 e. The Morgan fingerprint density at radius 1 is 1.21 bits per heavy atom. The fourth-order valence-electron chi connectivity index (χ4n) is 4.28. The van der Waals surface area contributed by atoms with E-state index in [1.54, 1.807) is 19.4 Å². The molecular weight excluding hydrogens is 354 g/mol. The van der Waals surface area contributed by atoms with Gasteiger partial charge in [-0.25, -0.2) is 0 Å². The van der Waals surface area contributed by atoms with Crippen LogP contribution in [0.3, 0.4) is 0 Å². The Morgan fingerprint density at radius 3 is 2.75 bits per heavy atom. The van der Waals surface area contributed by atoms with Crippen LogP contribution >= 0.6 is 0 Å². The highest BCUT2D eigenvalue weighted by atomic mass is 16.2. The van der Waals surface area contributed by atoms with E-state index in [9.17, 15) is 9.59 Å². The minimum absolute atomic E-state index is 0.0803. The second-order valence-electron chi connectivity index (χ2n) is 7.91. The summed E-state index contributed by atoms with van der Waals surface area (Å²) >= 11 is 0. The molecular formula is C21H33N5O2. The van der Waals surface area contributed by atoms with Crippen LogP contribution in [0.5, 0.6) is 0 Å². The van der Waals surface area contributed by atoms with Gasteiger partial charge in [-0.15, -0.1) is 0 Å². The Hall–Kier alpha value is -1.99. The van der Waals surface area contributed by atoms with E-state index < -0.39 is 0 Å². The van der Waals surface area contributed by atoms with Crippen molar-refractivity contribution in [2.45, 2.75) is 44.7 Å². The summed E-state index contributed by atoms with van der Waals surface area (Å²) in [5.41, 5.74) is 1.03. The third kappa shape index (κ3) is 6.01. The smallest absolute Gasteiger partial charge is 0.224 e. The summed E-state index contributed by atoms with van der Waals surface area (Å²) in [6.45, 7) is 5.42. The molecule has 0 aromatic carbocycles. The molecule has 2 fully saturated rings. The quantitative estimate of drug-likeness (QED) is 0.730. The van der Waals surface area contributed by atoms with Gasteiger partial charge in [0.15, 0.2) is 0 Å². The maximum Gasteiger partial charge on any atom is 0.224 e. The highest BCUT2D eigenvalue weighted by Gasteiger charge is 2.31. The van der Waals surface area contributed by atoms with Gasteiger partial charge in [-0.3, -0.25) is 19.5 Å². The van der Waals surface area contributed by atoms with E-state index in [1.807, 2.05) is 12.1 Å². The van der Waals surface area contributed by atoms with Gasteiger partial charge in [-0.2, -0.15) is 0 Å². The third-order valence-electron chi connectivity index (χ3n) is 6.02. The Bertz CT molecular complexity index is 631. The van der Waals surface area contributed by atoms with E-state index in [-0.39, 0.29) is 17.7 Å². The second-order valence-corrected chi connectivity index (χ2v) is 7.91. The third-order valence-corrected chi connectivity index (χ3v) is 6.02. The molecule has 0 unspecified atom stereocenters. The average molecular weight is 388 g/mol. The highest BCUT2D eigenvalue weighted by Crippen LogP contribution is 2.24. The molecule has 154 valence electrons. The van der Waals surface area contributed by atoms with Gasteiger partial charge in [-0.05, 0) is 56.9 Å². The van der Waals surface area contributed by atoms with E-state index in [0.29, 0.717) is 19.0 Å². The van der Waals surface area contributed by atoms with E-state index in [4.69, 9.17) is 0 Å². The number of rotatable bonds is 7. The normalized spacial score (nSPS) is 22.0. The van der Waals surface area contributed by atoms with Crippen LogP contribution in [0.2, 0.25) is 0 Å². The molecule has 1 aromatic rings. The molecule has 0 aliphatic carbocycles. The highest BCUT2D eigenvalue weighted by molar-refractivity contribution is 5.79. The summed E-state index contributed by atoms with van der Waals surface area (Å²) in [4.78, 5) is 33.0. The van der Waals surface area contributed by atoms with Crippen LogP contribution in [0.15, 0.2) is 24.5 Å². The zero-order valence-electron chi connectivity index (χ0n) is 16.9. The fraction of sp³-hybridized carbons (Fsp3) is 0.667. The van der Waals surface area contributed by atoms with Gasteiger partial charge in [0, 0.05) is 51.5 Å². The SMILES string of the molecule is CNC(=O)CCN1CCC(N2CCC[C@H](C(=O)NCc3cccnc3)C2)CC1. The molecule has 3 rings (SSSR count). The molecule has 7 heteroatoms. The van der Waals surface area contributed by atoms with Crippen molar-refractivity contribution in [2.24, 2.45) is 5.92 Å². The van der Waals surface area contributed by atoms with Gasteiger partial charge in [0.25, 0.3) is 0 Å². The van der Waals surface area contributed by atoms with Crippen molar-refractivity contribution < 1.29 is 9.59 Å². The maximum absolute atomic E-state index is 12.6. The molecule has 1 aromatic heterocycles. The molecule has 2 aliphatic heterocycles. The van der Waals surface area contributed by atoms with Crippen molar-refractivity contribution in [1.29, 1.82) is 0 Å². The summed E-state index contributed by atoms with van der Waals surface area (Å²) < 4.78 is 0. The van der Waals surface area contributed by atoms with E-state index >= 15 is 0 Å². The van der Waals surface area contributed by atoms with Crippen molar-refractivity contribution in [3.05, 3.63) is 30.1 Å². The number of pyridine rings is 1. The first-order valence-corrected chi connectivity index (χ1v) is 10.5. The van der Waals surface area contributed by atoms with E-state index in [1.165, 1.54) is 0 Å². The molecule has 2 aliphatic rings. The number of hydrogen-bond acceptors (Lipinski definition) is 5. The summed E-state index contributed by atoms with van der Waals surface area (Å²) in [6, 6.07) is 4.44. The van der Waals surface area contributed by atoms with Crippen LogP contribution in [-0.2, 0) is 16.1 Å². The fourth-order valence-corrected chi connectivity index (χ4v) is 4.28. The number of hydrogen-bond donors (Lipinski definition) is 2. The standard InChI is InChI=1S/C21H33N5O2/c1-22-20(27)8-13-25-11-6-19(7-12-25)26-10-3-5-18(16-26)21(28)24-15-17-4-2-9-23-14-17/h2,4,9,14,18-19H,3,5-8,10-13,15-16H2,1H3,(H,22,27)(H,24,28)/t18-/m0/s1. The van der Waals surface area contributed by atoms with Crippen LogP contribution in [0, 0.1) is 5.92 Å². The molecule has 0 saturated carbocycles. The minimum Gasteiger partial charge on any atom is -0.359 e. The predicted octanol–water partition coefficient (Wildman–Crippen LogP) is 1.01. The minimum atomic E-state index is 0.0803. The van der Waals surface area contributed by atoms with Gasteiger partial charge in [0.1, 0.15) is 0 Å². The molecule has 7 nitrogen and oxygen atoms in total. The zero-order chi connectivity index (χ0) is 19.8. The number of carbonyl (C=O) groups is 2. The van der Waals surface area contributed by atoms with Crippen LogP contribution in [0.4, 0.5) is 0 Å². The van der Waals surface area contributed by atoms with E-state index in [0.717, 1.165) is 64.0 Å². The lowest BCUT2D eigenvalue weighted by molar-refractivity contribution is -0.127. The second kappa shape index (κ2) is 10.5. The summed E-state index contributed by atoms with van der Waals surface area (Å²) in [5, 5.41) is 5.77. The predicted molar refractivity (Wildman–Crippen MR) is 109 cm³/mol. The number of likely N-dealkylation sites (tertiary alicyclic amines) is 2. The molecule has 3 heterocycles. The molecule has 1 atom stereocenters. The molecule has 28 heavy (non-hydrogen) atoms. The lowest BCUT2D eigenvalue weighted by atomic mass is 9.93. The van der Waals surface area contributed by atoms with Gasteiger partial charge in [0.05, 0.1) is 5.92 Å². The van der Waals surface area contributed by atoms with Crippen molar-refractivity contribution in [3.8, 4) is 0 Å². The Kier molecular flexibility index (Phi) is 7.80. The number of aromatic nitrogens is 1. The monoisotopic (exact) mass is 387 g/mol. The summed E-state index contributed by atoms with van der Waals surface area (Å²) in [7, 11) is 1.69. The van der Waals surface area contributed by atoms with Crippen LogP contribution in [0.1, 0.15) is 37.7 Å². The van der Waals surface area contributed by atoms with Crippen molar-refractivity contribution in [3.63, 3.8) is 0 Å².